The molecule has 0 radical (unpaired) electrons. The summed E-state index contributed by atoms with van der Waals surface area (Å²) in [7, 11) is 1.68. The Morgan fingerprint density at radius 3 is 1.52 bits per heavy atom. The van der Waals surface area contributed by atoms with Crippen molar-refractivity contribution < 1.29 is 9.36 Å². The van der Waals surface area contributed by atoms with Gasteiger partial charge >= 0.3 is 183 Å². The van der Waals surface area contributed by atoms with Crippen molar-refractivity contribution in [2.24, 2.45) is 5.16 Å². The van der Waals surface area contributed by atoms with E-state index in [1.807, 2.05) is 30.3 Å². The molecule has 0 amide bonds. The monoisotopic (exact) mass is 425 g/mol. The van der Waals surface area contributed by atoms with Crippen LogP contribution in [0.15, 0.2) is 120 Å². The number of rotatable bonds is 5. The Labute approximate surface area is 183 Å². The predicted molar refractivity (Wildman–Crippen MR) is 131 cm³/mol. The zero-order valence-electron chi connectivity index (χ0n) is 17.4. The van der Waals surface area contributed by atoms with E-state index in [1.54, 1.807) is 7.11 Å². The van der Waals surface area contributed by atoms with Gasteiger partial charge < -0.3 is 0 Å². The van der Waals surface area contributed by atoms with Gasteiger partial charge in [0.1, 0.15) is 0 Å². The van der Waals surface area contributed by atoms with Crippen LogP contribution in [-0.4, -0.2) is 19.0 Å². The van der Waals surface area contributed by atoms with Gasteiger partial charge in [0.25, 0.3) is 0 Å². The van der Waals surface area contributed by atoms with Gasteiger partial charge in [-0.05, 0) is 0 Å². The maximum atomic E-state index is 6.80. The van der Waals surface area contributed by atoms with Crippen LogP contribution in [0.25, 0.3) is 0 Å². The van der Waals surface area contributed by atoms with Crippen LogP contribution in [0.5, 0.6) is 5.75 Å². The van der Waals surface area contributed by atoms with Gasteiger partial charge in [-0.25, -0.2) is 0 Å². The average Bonchev–Trinajstić information content (AvgIpc) is 3.30. The van der Waals surface area contributed by atoms with Gasteiger partial charge in [-0.2, -0.15) is 0 Å². The summed E-state index contributed by atoms with van der Waals surface area (Å²) in [6.07, 6.45) is 0.704. The van der Waals surface area contributed by atoms with Crippen molar-refractivity contribution in [2.45, 2.75) is 0 Å². The van der Waals surface area contributed by atoms with Gasteiger partial charge in [0.2, 0.25) is 0 Å². The maximum absolute atomic E-state index is 6.80. The van der Waals surface area contributed by atoms with Crippen molar-refractivity contribution in [1.29, 1.82) is 0 Å². The second-order valence-corrected chi connectivity index (χ2v) is 12.2. The third-order valence-electron chi connectivity index (χ3n) is 6.11. The average molecular weight is 425 g/mol. The number of oxime groups is 1. The summed E-state index contributed by atoms with van der Waals surface area (Å²) in [4.78, 5) is 0. The van der Waals surface area contributed by atoms with Crippen molar-refractivity contribution >= 4 is 28.5 Å². The molecular formula is C27H24NO2P. The molecule has 0 atom stereocenters. The summed E-state index contributed by atoms with van der Waals surface area (Å²) >= 11 is 0. The van der Waals surface area contributed by atoms with Crippen molar-refractivity contribution in [3.8, 4) is 5.75 Å². The topological polar surface area (TPSA) is 30.8 Å². The van der Waals surface area contributed by atoms with E-state index in [4.69, 9.17) is 14.5 Å². The number of methoxy groups -OCH3 is 1. The number of hydrogen-bond donors (Lipinski definition) is 0. The molecule has 31 heavy (non-hydrogen) atoms. The zero-order valence-corrected chi connectivity index (χ0v) is 18.3. The van der Waals surface area contributed by atoms with Crippen LogP contribution in [0.1, 0.15) is 5.56 Å². The number of hydrogen-bond acceptors (Lipinski definition) is 3. The fourth-order valence-electron chi connectivity index (χ4n) is 4.50. The van der Waals surface area contributed by atoms with E-state index in [-0.39, 0.29) is 0 Å². The molecule has 1 aliphatic rings. The van der Waals surface area contributed by atoms with Crippen molar-refractivity contribution in [1.82, 2.24) is 0 Å². The first-order valence-corrected chi connectivity index (χ1v) is 12.7. The van der Waals surface area contributed by atoms with E-state index in [2.05, 4.69) is 84.9 Å². The van der Waals surface area contributed by atoms with Crippen LogP contribution in [0.3, 0.4) is 0 Å². The minimum absolute atomic E-state index is 0.704. The molecule has 0 saturated heterocycles. The molecule has 5 rings (SSSR count). The van der Waals surface area contributed by atoms with E-state index >= 15 is 0 Å². The molecule has 0 aliphatic carbocycles. The first-order valence-electron chi connectivity index (χ1n) is 10.3. The third-order valence-corrected chi connectivity index (χ3v) is 11.6. The molecule has 1 aliphatic heterocycles. The summed E-state index contributed by atoms with van der Waals surface area (Å²) in [5, 5.41) is 8.29. The SMILES string of the molecule is COc1ccc(C2=NOP(c3ccccc3)(c3ccccc3)(c3ccccc3)C2)cc1. The van der Waals surface area contributed by atoms with Gasteiger partial charge in [0.15, 0.2) is 0 Å². The summed E-state index contributed by atoms with van der Waals surface area (Å²) in [5.41, 5.74) is 2.01. The Kier molecular flexibility index (Phi) is 4.84. The van der Waals surface area contributed by atoms with Crippen molar-refractivity contribution in [2.75, 3.05) is 13.3 Å². The Balaban J connectivity index is 1.77. The molecule has 4 heteroatoms. The predicted octanol–water partition coefficient (Wildman–Crippen LogP) is 4.87. The normalized spacial score (nSPS) is 17.6. The van der Waals surface area contributed by atoms with Crippen molar-refractivity contribution in [3.05, 3.63) is 121 Å². The minimum atomic E-state index is -3.33. The summed E-state index contributed by atoms with van der Waals surface area (Å²) in [5.74, 6) is 0.829. The van der Waals surface area contributed by atoms with E-state index in [0.717, 1.165) is 17.0 Å². The second kappa shape index (κ2) is 7.68. The molecule has 0 N–H and O–H groups in total. The van der Waals surface area contributed by atoms with Gasteiger partial charge in [-0.1, -0.05) is 0 Å². The Bertz CT molecular complexity index is 1110. The van der Waals surface area contributed by atoms with Gasteiger partial charge in [-0.3, -0.25) is 0 Å². The Hall–Kier alpha value is -3.42. The van der Waals surface area contributed by atoms with Crippen LogP contribution in [0, 0.1) is 0 Å². The second-order valence-electron chi connectivity index (χ2n) is 7.73. The van der Waals surface area contributed by atoms with Crippen molar-refractivity contribution in [3.63, 3.8) is 0 Å². The van der Waals surface area contributed by atoms with Crippen LogP contribution < -0.4 is 20.7 Å². The fraction of sp³-hybridized carbons (Fsp3) is 0.0741. The zero-order chi connectivity index (χ0) is 21.2. The first kappa shape index (κ1) is 19.5. The molecule has 4 aromatic rings. The van der Waals surface area contributed by atoms with E-state index in [1.165, 1.54) is 15.9 Å². The Morgan fingerprint density at radius 2 is 1.10 bits per heavy atom. The quantitative estimate of drug-likeness (QED) is 0.427. The molecule has 0 fully saturated rings. The molecule has 0 aromatic heterocycles. The van der Waals surface area contributed by atoms with E-state index in [9.17, 15) is 0 Å². The van der Waals surface area contributed by atoms with Gasteiger partial charge in [-0.15, -0.1) is 0 Å². The van der Waals surface area contributed by atoms with Crippen LogP contribution >= 0.6 is 6.83 Å². The summed E-state index contributed by atoms with van der Waals surface area (Å²) < 4.78 is 12.1. The molecule has 1 heterocycles. The molecule has 4 aromatic carbocycles. The molecule has 0 unspecified atom stereocenters. The van der Waals surface area contributed by atoms with E-state index < -0.39 is 6.83 Å². The molecular weight excluding hydrogens is 401 g/mol. The van der Waals surface area contributed by atoms with E-state index in [0.29, 0.717) is 6.16 Å². The molecule has 0 spiro atoms. The Morgan fingerprint density at radius 1 is 0.645 bits per heavy atom. The summed E-state index contributed by atoms with van der Waals surface area (Å²) in [6, 6.07) is 39.8. The first-order chi connectivity index (χ1) is 15.3. The molecule has 3 nitrogen and oxygen atoms in total. The third kappa shape index (κ3) is 2.97. The number of nitrogens with zero attached hydrogens (tertiary/aromatic N) is 1. The standard InChI is InChI=1S/C27H24NO2P/c1-29-23-19-17-22(18-20-23)27-21-31(30-28-27,24-11-5-2-6-12-24,25-13-7-3-8-14-25)26-15-9-4-10-16-26/h2-20H,21H2,1H3. The number of benzene rings is 4. The van der Waals surface area contributed by atoms with Gasteiger partial charge in [0.05, 0.1) is 0 Å². The van der Waals surface area contributed by atoms with Crippen LogP contribution in [-0.2, 0) is 4.62 Å². The van der Waals surface area contributed by atoms with Crippen LogP contribution in [0.4, 0.5) is 0 Å². The molecule has 0 saturated carbocycles. The molecule has 0 bridgehead atoms. The van der Waals surface area contributed by atoms with Crippen LogP contribution in [0.2, 0.25) is 0 Å². The fourth-order valence-corrected chi connectivity index (χ4v) is 9.78. The molecule has 154 valence electrons. The van der Waals surface area contributed by atoms with Gasteiger partial charge in [0, 0.05) is 0 Å². The summed E-state index contributed by atoms with van der Waals surface area (Å²) in [6.45, 7) is -3.33. The number of ether oxygens (including phenoxy) is 1.